The van der Waals surface area contributed by atoms with Crippen LogP contribution in [0.5, 0.6) is 0 Å². The zero-order valence-electron chi connectivity index (χ0n) is 13.4. The molecule has 1 aromatic carbocycles. The van der Waals surface area contributed by atoms with Gasteiger partial charge in [-0.15, -0.1) is 0 Å². The molecular formula is C16H22Cl2N3S+. The highest BCUT2D eigenvalue weighted by molar-refractivity contribution is 8.02. The van der Waals surface area contributed by atoms with E-state index in [0.717, 1.165) is 23.8 Å². The Morgan fingerprint density at radius 2 is 1.86 bits per heavy atom. The summed E-state index contributed by atoms with van der Waals surface area (Å²) in [5, 5.41) is 5.83. The van der Waals surface area contributed by atoms with E-state index in [-0.39, 0.29) is 0 Å². The predicted molar refractivity (Wildman–Crippen MR) is 97.4 cm³/mol. The minimum atomic E-state index is 0.372. The van der Waals surface area contributed by atoms with Gasteiger partial charge in [0, 0.05) is 20.9 Å². The van der Waals surface area contributed by atoms with Crippen LogP contribution in [0.3, 0.4) is 0 Å². The first kappa shape index (κ1) is 17.8. The van der Waals surface area contributed by atoms with Crippen molar-refractivity contribution in [3.8, 4) is 0 Å². The lowest BCUT2D eigenvalue weighted by atomic mass is 10.1. The number of quaternary nitrogens is 1. The van der Waals surface area contributed by atoms with Gasteiger partial charge >= 0.3 is 0 Å². The van der Waals surface area contributed by atoms with Gasteiger partial charge in [-0.1, -0.05) is 37.0 Å². The van der Waals surface area contributed by atoms with E-state index in [4.69, 9.17) is 28.2 Å². The van der Waals surface area contributed by atoms with Gasteiger partial charge in [0.1, 0.15) is 12.4 Å². The van der Waals surface area contributed by atoms with E-state index in [1.165, 1.54) is 5.03 Å². The molecule has 22 heavy (non-hydrogen) atoms. The van der Waals surface area contributed by atoms with E-state index in [0.29, 0.717) is 20.4 Å². The average Bonchev–Trinajstić information content (AvgIpc) is 2.77. The minimum Gasteiger partial charge on any atom is -0.273 e. The number of benzene rings is 1. The summed E-state index contributed by atoms with van der Waals surface area (Å²) in [6.45, 7) is 8.28. The van der Waals surface area contributed by atoms with Gasteiger partial charge in [0.2, 0.25) is 5.03 Å². The molecule has 0 saturated carbocycles. The van der Waals surface area contributed by atoms with Crippen LogP contribution in [0, 0.1) is 5.92 Å². The Kier molecular flexibility index (Phi) is 5.97. The van der Waals surface area contributed by atoms with Crippen molar-refractivity contribution in [1.82, 2.24) is 5.32 Å². The first-order chi connectivity index (χ1) is 10.4. The number of thioether (sulfide) groups is 1. The van der Waals surface area contributed by atoms with Gasteiger partial charge in [-0.05, 0) is 43.9 Å². The molecule has 0 aromatic heterocycles. The highest BCUT2D eigenvalue weighted by Gasteiger charge is 2.38. The smallest absolute Gasteiger partial charge is 0.201 e. The number of nitrogens with one attached hydrogen (secondary N) is 1. The van der Waals surface area contributed by atoms with Crippen LogP contribution < -0.4 is 5.32 Å². The highest BCUT2D eigenvalue weighted by atomic mass is 35.5. The Labute approximate surface area is 147 Å². The molecule has 0 saturated heterocycles. The van der Waals surface area contributed by atoms with Crippen molar-refractivity contribution in [1.29, 1.82) is 0 Å². The molecule has 120 valence electrons. The van der Waals surface area contributed by atoms with Gasteiger partial charge in [0.15, 0.2) is 6.34 Å². The van der Waals surface area contributed by atoms with Crippen molar-refractivity contribution in [3.05, 3.63) is 39.0 Å². The second kappa shape index (κ2) is 7.37. The van der Waals surface area contributed by atoms with E-state index in [1.807, 2.05) is 25.5 Å². The van der Waals surface area contributed by atoms with E-state index in [1.54, 1.807) is 17.8 Å². The maximum atomic E-state index is 6.14. The molecule has 1 unspecified atom stereocenters. The molecular weight excluding hydrogens is 337 g/mol. The van der Waals surface area contributed by atoms with E-state index in [9.17, 15) is 0 Å². The first-order valence-corrected chi connectivity index (χ1v) is 8.94. The molecule has 0 fully saturated rings. The highest BCUT2D eigenvalue weighted by Crippen LogP contribution is 2.42. The standard InChI is InChI=1S/C16H22Cl2N3S/c1-5-21(9-19-4)10-20-15(11(2)3)16(21)22-14-7-12(17)6-13(18)8-14/h6-8,10-11,19H,5,9H2,1-4H3/q+1. The lowest BCUT2D eigenvalue weighted by Gasteiger charge is -2.31. The van der Waals surface area contributed by atoms with E-state index < -0.39 is 0 Å². The van der Waals surface area contributed by atoms with Crippen molar-refractivity contribution in [2.24, 2.45) is 10.9 Å². The molecule has 0 amide bonds. The van der Waals surface area contributed by atoms with Crippen molar-refractivity contribution >= 4 is 41.3 Å². The Morgan fingerprint density at radius 1 is 1.23 bits per heavy atom. The maximum absolute atomic E-state index is 6.14. The summed E-state index contributed by atoms with van der Waals surface area (Å²) < 4.78 is 0.707. The summed E-state index contributed by atoms with van der Waals surface area (Å²) in [5.41, 5.74) is 1.14. The minimum absolute atomic E-state index is 0.372. The fourth-order valence-corrected chi connectivity index (χ4v) is 4.54. The lowest BCUT2D eigenvalue weighted by Crippen LogP contribution is -2.48. The van der Waals surface area contributed by atoms with Gasteiger partial charge in [-0.3, -0.25) is 5.32 Å². The number of halogens is 2. The quantitative estimate of drug-likeness (QED) is 0.726. The first-order valence-electron chi connectivity index (χ1n) is 7.37. The van der Waals surface area contributed by atoms with Crippen LogP contribution in [-0.4, -0.2) is 31.1 Å². The number of rotatable bonds is 6. The Balaban J connectivity index is 2.44. The molecule has 1 aliphatic rings. The lowest BCUT2D eigenvalue weighted by molar-refractivity contribution is -0.786. The molecule has 0 aliphatic carbocycles. The Morgan fingerprint density at radius 3 is 2.36 bits per heavy atom. The summed E-state index contributed by atoms with van der Waals surface area (Å²) in [4.78, 5) is 5.75. The zero-order valence-corrected chi connectivity index (χ0v) is 15.7. The number of nitrogens with zero attached hydrogens (tertiary/aromatic N) is 2. The molecule has 1 aliphatic heterocycles. The summed E-state index contributed by atoms with van der Waals surface area (Å²) in [6, 6.07) is 5.65. The monoisotopic (exact) mass is 358 g/mol. The van der Waals surface area contributed by atoms with Gasteiger partial charge in [-0.25, -0.2) is 9.48 Å². The van der Waals surface area contributed by atoms with Crippen LogP contribution in [0.1, 0.15) is 20.8 Å². The van der Waals surface area contributed by atoms with Gasteiger partial charge in [0.05, 0.1) is 6.54 Å². The normalized spacial score (nSPS) is 21.2. The molecule has 0 radical (unpaired) electrons. The molecule has 1 N–H and O–H groups in total. The fraction of sp³-hybridized carbons (Fsp3) is 0.438. The second-order valence-electron chi connectivity index (χ2n) is 5.66. The third kappa shape index (κ3) is 3.69. The van der Waals surface area contributed by atoms with E-state index >= 15 is 0 Å². The summed E-state index contributed by atoms with van der Waals surface area (Å²) >= 11 is 14.0. The average molecular weight is 359 g/mol. The van der Waals surface area contributed by atoms with E-state index in [2.05, 4.69) is 26.1 Å². The van der Waals surface area contributed by atoms with Crippen molar-refractivity contribution in [2.45, 2.75) is 25.7 Å². The number of hydrogen-bond donors (Lipinski definition) is 1. The Hall–Kier alpha value is -0.520. The largest absolute Gasteiger partial charge is 0.273 e. The van der Waals surface area contributed by atoms with Crippen LogP contribution in [0.15, 0.2) is 38.8 Å². The molecule has 2 rings (SSSR count). The Bertz CT molecular complexity index is 593. The number of allylic oxidation sites excluding steroid dienone is 1. The van der Waals surface area contributed by atoms with Crippen LogP contribution in [0.2, 0.25) is 10.0 Å². The van der Waals surface area contributed by atoms with Crippen LogP contribution in [0.25, 0.3) is 0 Å². The molecule has 1 atom stereocenters. The predicted octanol–water partition coefficient (Wildman–Crippen LogP) is 4.97. The topological polar surface area (TPSA) is 24.4 Å². The fourth-order valence-electron chi connectivity index (χ4n) is 2.48. The molecule has 3 nitrogen and oxygen atoms in total. The molecule has 6 heteroatoms. The SMILES string of the molecule is CC[N+]1(CNC)C=NC(C(C)C)=C1Sc1cc(Cl)cc(Cl)c1. The molecule has 1 aromatic rings. The van der Waals surface area contributed by atoms with Crippen LogP contribution in [0.4, 0.5) is 0 Å². The third-order valence-electron chi connectivity index (χ3n) is 3.64. The van der Waals surface area contributed by atoms with Crippen LogP contribution >= 0.6 is 35.0 Å². The van der Waals surface area contributed by atoms with Crippen molar-refractivity contribution in [3.63, 3.8) is 0 Å². The van der Waals surface area contributed by atoms with Gasteiger partial charge in [-0.2, -0.15) is 0 Å². The van der Waals surface area contributed by atoms with Crippen LogP contribution in [-0.2, 0) is 0 Å². The second-order valence-corrected chi connectivity index (χ2v) is 7.59. The van der Waals surface area contributed by atoms with Gasteiger partial charge < -0.3 is 0 Å². The summed E-state index contributed by atoms with van der Waals surface area (Å²) in [5.74, 6) is 0.372. The van der Waals surface area contributed by atoms with Gasteiger partial charge in [0.25, 0.3) is 0 Å². The summed E-state index contributed by atoms with van der Waals surface area (Å²) in [7, 11) is 1.97. The summed E-state index contributed by atoms with van der Waals surface area (Å²) in [6.07, 6.45) is 2.04. The molecule has 0 spiro atoms. The number of aliphatic imine (C=N–C) groups is 1. The van der Waals surface area contributed by atoms with Crippen molar-refractivity contribution < 1.29 is 4.48 Å². The van der Waals surface area contributed by atoms with Crippen molar-refractivity contribution in [2.75, 3.05) is 20.3 Å². The maximum Gasteiger partial charge on any atom is 0.201 e. The zero-order chi connectivity index (χ0) is 16.3. The number of hydrogen-bond acceptors (Lipinski definition) is 3. The molecule has 1 heterocycles. The third-order valence-corrected chi connectivity index (χ3v) is 5.32. The molecule has 0 bridgehead atoms.